The monoisotopic (exact) mass is 355 g/mol. The molecule has 24 heavy (non-hydrogen) atoms. The number of rotatable bonds is 9. The lowest BCUT2D eigenvalue weighted by molar-refractivity contribution is 0.295. The van der Waals surface area contributed by atoms with E-state index in [2.05, 4.69) is 48.4 Å². The Balaban J connectivity index is 0.00000288. The van der Waals surface area contributed by atoms with Crippen molar-refractivity contribution in [2.75, 3.05) is 43.9 Å². The molecule has 1 aromatic carbocycles. The number of benzene rings is 1. The lowest BCUT2D eigenvalue weighted by Gasteiger charge is -2.26. The topological polar surface area (TPSA) is 36.5 Å². The maximum absolute atomic E-state index is 5.52. The summed E-state index contributed by atoms with van der Waals surface area (Å²) in [6.07, 6.45) is 4.70. The van der Waals surface area contributed by atoms with Crippen molar-refractivity contribution in [3.05, 3.63) is 17.7 Å². The van der Waals surface area contributed by atoms with Crippen molar-refractivity contribution >= 4 is 23.8 Å². The molecule has 0 aliphatic carbocycles. The van der Waals surface area contributed by atoms with E-state index < -0.39 is 0 Å². The third-order valence-electron chi connectivity index (χ3n) is 4.80. The minimum Gasteiger partial charge on any atom is -0.496 e. The summed E-state index contributed by atoms with van der Waals surface area (Å²) in [5.41, 5.74) is 3.78. The van der Waals surface area contributed by atoms with Crippen molar-refractivity contribution in [3.63, 3.8) is 0 Å². The van der Waals surface area contributed by atoms with Gasteiger partial charge in [-0.15, -0.1) is 12.4 Å². The number of nitrogens with zero attached hydrogens (tertiary/aromatic N) is 1. The Hall–Kier alpha value is -1.13. The second-order valence-corrected chi connectivity index (χ2v) is 6.41. The van der Waals surface area contributed by atoms with Crippen LogP contribution in [0.5, 0.6) is 5.75 Å². The predicted octanol–water partition coefficient (Wildman–Crippen LogP) is 4.40. The van der Waals surface area contributed by atoms with Gasteiger partial charge in [0.2, 0.25) is 0 Å². The number of ether oxygens (including phenoxy) is 1. The molecule has 1 atom stereocenters. The molecule has 1 aliphatic rings. The van der Waals surface area contributed by atoms with E-state index in [1.807, 2.05) is 0 Å². The van der Waals surface area contributed by atoms with E-state index in [0.717, 1.165) is 31.8 Å². The van der Waals surface area contributed by atoms with Crippen LogP contribution in [0.3, 0.4) is 0 Å². The van der Waals surface area contributed by atoms with Crippen molar-refractivity contribution in [1.29, 1.82) is 0 Å². The van der Waals surface area contributed by atoms with Crippen molar-refractivity contribution in [3.8, 4) is 5.75 Å². The SMILES string of the molecule is CCN(CC)CCCC(C)Nc1ccc(OC)c2c1NCCC2.Cl. The molecule has 0 radical (unpaired) electrons. The van der Waals surface area contributed by atoms with Gasteiger partial charge in [-0.3, -0.25) is 0 Å². The average molecular weight is 356 g/mol. The van der Waals surface area contributed by atoms with Crippen LogP contribution in [0.4, 0.5) is 11.4 Å². The van der Waals surface area contributed by atoms with Crippen LogP contribution in [0, 0.1) is 0 Å². The summed E-state index contributed by atoms with van der Waals surface area (Å²) in [5.74, 6) is 1.01. The van der Waals surface area contributed by atoms with Crippen LogP contribution in [0.2, 0.25) is 0 Å². The van der Waals surface area contributed by atoms with Gasteiger partial charge in [-0.05, 0) is 64.4 Å². The van der Waals surface area contributed by atoms with E-state index in [0.29, 0.717) is 6.04 Å². The molecule has 138 valence electrons. The second kappa shape index (κ2) is 10.7. The molecule has 1 aromatic rings. The van der Waals surface area contributed by atoms with E-state index in [1.54, 1.807) is 7.11 Å². The first-order valence-corrected chi connectivity index (χ1v) is 9.12. The Kier molecular flexibility index (Phi) is 9.30. The van der Waals surface area contributed by atoms with Crippen LogP contribution in [-0.2, 0) is 6.42 Å². The Morgan fingerprint density at radius 1 is 1.29 bits per heavy atom. The molecule has 0 spiro atoms. The molecule has 4 nitrogen and oxygen atoms in total. The van der Waals surface area contributed by atoms with E-state index in [-0.39, 0.29) is 12.4 Å². The lowest BCUT2D eigenvalue weighted by atomic mass is 10.0. The molecule has 5 heteroatoms. The van der Waals surface area contributed by atoms with Crippen LogP contribution in [0.25, 0.3) is 0 Å². The Labute approximate surface area is 153 Å². The maximum Gasteiger partial charge on any atom is 0.124 e. The fraction of sp³-hybridized carbons (Fsp3) is 0.684. The highest BCUT2D eigenvalue weighted by Gasteiger charge is 2.18. The fourth-order valence-corrected chi connectivity index (χ4v) is 3.37. The summed E-state index contributed by atoms with van der Waals surface area (Å²) >= 11 is 0. The summed E-state index contributed by atoms with van der Waals surface area (Å²) in [7, 11) is 1.76. The Bertz CT molecular complexity index is 492. The third kappa shape index (κ3) is 5.45. The zero-order valence-corrected chi connectivity index (χ0v) is 16.5. The highest BCUT2D eigenvalue weighted by Crippen LogP contribution is 2.37. The highest BCUT2D eigenvalue weighted by atomic mass is 35.5. The van der Waals surface area contributed by atoms with Crippen LogP contribution in [0.1, 0.15) is 45.6 Å². The number of anilines is 2. The number of halogens is 1. The first-order valence-electron chi connectivity index (χ1n) is 9.12. The highest BCUT2D eigenvalue weighted by molar-refractivity contribution is 5.85. The fourth-order valence-electron chi connectivity index (χ4n) is 3.37. The van der Waals surface area contributed by atoms with Gasteiger partial charge in [-0.1, -0.05) is 13.8 Å². The number of hydrogen-bond donors (Lipinski definition) is 2. The molecular formula is C19H34ClN3O. The molecule has 2 rings (SSSR count). The van der Waals surface area contributed by atoms with Gasteiger partial charge in [0.05, 0.1) is 18.5 Å². The molecule has 2 N–H and O–H groups in total. The number of methoxy groups -OCH3 is 1. The average Bonchev–Trinajstić information content (AvgIpc) is 2.59. The molecule has 1 aliphatic heterocycles. The summed E-state index contributed by atoms with van der Waals surface area (Å²) in [4.78, 5) is 2.49. The van der Waals surface area contributed by atoms with Gasteiger partial charge in [-0.25, -0.2) is 0 Å². The molecule has 0 bridgehead atoms. The largest absolute Gasteiger partial charge is 0.496 e. The molecule has 1 heterocycles. The summed E-state index contributed by atoms with van der Waals surface area (Å²) in [6, 6.07) is 4.72. The summed E-state index contributed by atoms with van der Waals surface area (Å²) < 4.78 is 5.52. The first-order chi connectivity index (χ1) is 11.2. The van der Waals surface area contributed by atoms with Crippen LogP contribution >= 0.6 is 12.4 Å². The summed E-state index contributed by atoms with van der Waals surface area (Å²) in [5, 5.41) is 7.25. The van der Waals surface area contributed by atoms with Gasteiger partial charge in [0.15, 0.2) is 0 Å². The molecule has 0 amide bonds. The van der Waals surface area contributed by atoms with Crippen molar-refractivity contribution < 1.29 is 4.74 Å². The minimum atomic E-state index is 0. The second-order valence-electron chi connectivity index (χ2n) is 6.41. The number of nitrogens with one attached hydrogen (secondary N) is 2. The van der Waals surface area contributed by atoms with E-state index >= 15 is 0 Å². The number of fused-ring (bicyclic) bond motifs is 1. The van der Waals surface area contributed by atoms with Crippen molar-refractivity contribution in [2.24, 2.45) is 0 Å². The normalized spacial score (nSPS) is 14.4. The standard InChI is InChI=1S/C19H33N3O.ClH/c1-5-22(6-2)14-8-9-15(3)21-17-11-12-18(23-4)16-10-7-13-20-19(16)17;/h11-12,15,20-21H,5-10,13-14H2,1-4H3;1H. The van der Waals surface area contributed by atoms with Gasteiger partial charge < -0.3 is 20.3 Å². The maximum atomic E-state index is 5.52. The molecular weight excluding hydrogens is 322 g/mol. The van der Waals surface area contributed by atoms with Gasteiger partial charge in [-0.2, -0.15) is 0 Å². The predicted molar refractivity (Wildman–Crippen MR) is 107 cm³/mol. The zero-order valence-electron chi connectivity index (χ0n) is 15.7. The van der Waals surface area contributed by atoms with E-state index in [9.17, 15) is 0 Å². The van der Waals surface area contributed by atoms with E-state index in [1.165, 1.54) is 42.7 Å². The Morgan fingerprint density at radius 2 is 2.04 bits per heavy atom. The minimum absolute atomic E-state index is 0. The van der Waals surface area contributed by atoms with E-state index in [4.69, 9.17) is 4.74 Å². The lowest BCUT2D eigenvalue weighted by Crippen LogP contribution is -2.26. The van der Waals surface area contributed by atoms with Crippen LogP contribution in [-0.4, -0.2) is 44.2 Å². The molecule has 0 fully saturated rings. The molecule has 0 aromatic heterocycles. The summed E-state index contributed by atoms with van der Waals surface area (Å²) in [6.45, 7) is 11.3. The van der Waals surface area contributed by atoms with Gasteiger partial charge >= 0.3 is 0 Å². The smallest absolute Gasteiger partial charge is 0.124 e. The molecule has 0 saturated carbocycles. The van der Waals surface area contributed by atoms with Gasteiger partial charge in [0.25, 0.3) is 0 Å². The van der Waals surface area contributed by atoms with Crippen molar-refractivity contribution in [2.45, 2.75) is 52.5 Å². The quantitative estimate of drug-likeness (QED) is 0.688. The first kappa shape index (κ1) is 20.9. The van der Waals surface area contributed by atoms with Crippen molar-refractivity contribution in [1.82, 2.24) is 4.90 Å². The third-order valence-corrected chi connectivity index (χ3v) is 4.80. The molecule has 0 saturated heterocycles. The number of hydrogen-bond acceptors (Lipinski definition) is 4. The molecule has 1 unspecified atom stereocenters. The van der Waals surface area contributed by atoms with Gasteiger partial charge in [0.1, 0.15) is 5.75 Å². The Morgan fingerprint density at radius 3 is 2.71 bits per heavy atom. The van der Waals surface area contributed by atoms with Crippen LogP contribution < -0.4 is 15.4 Å². The zero-order chi connectivity index (χ0) is 16.7. The van der Waals surface area contributed by atoms with Crippen LogP contribution in [0.15, 0.2) is 12.1 Å². The van der Waals surface area contributed by atoms with Gasteiger partial charge in [0, 0.05) is 18.2 Å².